The van der Waals surface area contributed by atoms with Gasteiger partial charge in [-0.2, -0.15) is 0 Å². The van der Waals surface area contributed by atoms with Crippen LogP contribution in [-0.2, 0) is 0 Å². The number of aliphatic hydroxyl groups is 1. The Bertz CT molecular complexity index is 161. The number of aliphatic hydroxyl groups excluding tert-OH is 1. The molecule has 0 aromatic rings. The molecule has 14 heavy (non-hydrogen) atoms. The Kier molecular flexibility index (Phi) is 4.85. The second-order valence-electron chi connectivity index (χ2n) is 4.61. The van der Waals surface area contributed by atoms with Crippen molar-refractivity contribution >= 4 is 0 Å². The van der Waals surface area contributed by atoms with E-state index in [1.54, 1.807) is 0 Å². The van der Waals surface area contributed by atoms with Crippen LogP contribution in [0.25, 0.3) is 0 Å². The summed E-state index contributed by atoms with van der Waals surface area (Å²) >= 11 is 0. The molecule has 1 aliphatic heterocycles. The van der Waals surface area contributed by atoms with Crippen molar-refractivity contribution in [2.45, 2.75) is 45.3 Å². The molecule has 0 aromatic heterocycles. The lowest BCUT2D eigenvalue weighted by Crippen LogP contribution is -2.49. The first kappa shape index (κ1) is 12.0. The number of piperidine rings is 1. The number of hydrogen-bond acceptors (Lipinski definition) is 3. The van der Waals surface area contributed by atoms with Crippen molar-refractivity contribution in [1.29, 1.82) is 0 Å². The monoisotopic (exact) mass is 200 g/mol. The van der Waals surface area contributed by atoms with Gasteiger partial charge >= 0.3 is 0 Å². The van der Waals surface area contributed by atoms with Crippen LogP contribution < -0.4 is 5.73 Å². The van der Waals surface area contributed by atoms with Crippen LogP contribution in [0.1, 0.15) is 33.1 Å². The molecule has 3 N–H and O–H groups in total. The smallest absolute Gasteiger partial charge is 0.0553 e. The lowest BCUT2D eigenvalue weighted by molar-refractivity contribution is 0.0543. The third kappa shape index (κ3) is 3.56. The van der Waals surface area contributed by atoms with Gasteiger partial charge in [0, 0.05) is 19.1 Å². The minimum atomic E-state index is -0.217. The molecule has 0 spiro atoms. The first-order valence-corrected chi connectivity index (χ1v) is 5.79. The zero-order valence-electron chi connectivity index (χ0n) is 9.45. The molecular formula is C11H24N2O. The van der Waals surface area contributed by atoms with Crippen LogP contribution in [0, 0.1) is 5.92 Å². The van der Waals surface area contributed by atoms with Crippen molar-refractivity contribution in [3.05, 3.63) is 0 Å². The predicted octanol–water partition coefficient (Wildman–Crippen LogP) is 0.817. The van der Waals surface area contributed by atoms with Gasteiger partial charge in [0.15, 0.2) is 0 Å². The van der Waals surface area contributed by atoms with Crippen LogP contribution in [-0.4, -0.2) is 41.8 Å². The molecule has 0 saturated carbocycles. The molecule has 0 amide bonds. The van der Waals surface area contributed by atoms with Gasteiger partial charge in [-0.1, -0.05) is 13.3 Å². The van der Waals surface area contributed by atoms with Crippen LogP contribution >= 0.6 is 0 Å². The van der Waals surface area contributed by atoms with Crippen LogP contribution in [0.2, 0.25) is 0 Å². The molecule has 3 atom stereocenters. The molecule has 1 rings (SSSR count). The summed E-state index contributed by atoms with van der Waals surface area (Å²) < 4.78 is 0. The van der Waals surface area contributed by atoms with Crippen molar-refractivity contribution in [1.82, 2.24) is 4.90 Å². The van der Waals surface area contributed by atoms with Gasteiger partial charge in [0.25, 0.3) is 0 Å². The highest BCUT2D eigenvalue weighted by Gasteiger charge is 2.27. The summed E-state index contributed by atoms with van der Waals surface area (Å²) in [4.78, 5) is 2.40. The van der Waals surface area contributed by atoms with E-state index in [1.807, 2.05) is 6.92 Å². The summed E-state index contributed by atoms with van der Waals surface area (Å²) in [5.41, 5.74) is 5.97. The summed E-state index contributed by atoms with van der Waals surface area (Å²) in [6.45, 7) is 7.23. The molecule has 0 bridgehead atoms. The van der Waals surface area contributed by atoms with Crippen molar-refractivity contribution in [2.24, 2.45) is 11.7 Å². The van der Waals surface area contributed by atoms with Crippen LogP contribution in [0.5, 0.6) is 0 Å². The van der Waals surface area contributed by atoms with E-state index < -0.39 is 0 Å². The van der Waals surface area contributed by atoms with Gasteiger partial charge in [-0.25, -0.2) is 0 Å². The van der Waals surface area contributed by atoms with Gasteiger partial charge in [0.2, 0.25) is 0 Å². The molecule has 1 saturated heterocycles. The maximum atomic E-state index is 9.56. The quantitative estimate of drug-likeness (QED) is 0.706. The first-order chi connectivity index (χ1) is 6.63. The summed E-state index contributed by atoms with van der Waals surface area (Å²) in [5.74, 6) is 0.371. The van der Waals surface area contributed by atoms with Crippen molar-refractivity contribution in [3.8, 4) is 0 Å². The maximum absolute atomic E-state index is 9.56. The second-order valence-corrected chi connectivity index (χ2v) is 4.61. The van der Waals surface area contributed by atoms with E-state index in [2.05, 4.69) is 11.8 Å². The topological polar surface area (TPSA) is 49.5 Å². The fourth-order valence-electron chi connectivity index (χ4n) is 2.19. The molecule has 1 heterocycles. The Balaban J connectivity index is 2.37. The van der Waals surface area contributed by atoms with Gasteiger partial charge in [-0.05, 0) is 32.2 Å². The molecular weight excluding hydrogens is 176 g/mol. The third-order valence-corrected chi connectivity index (χ3v) is 3.10. The van der Waals surface area contributed by atoms with Crippen molar-refractivity contribution in [3.63, 3.8) is 0 Å². The molecule has 3 nitrogen and oxygen atoms in total. The molecule has 3 heteroatoms. The molecule has 0 radical (unpaired) electrons. The maximum Gasteiger partial charge on any atom is 0.0553 e. The van der Waals surface area contributed by atoms with Crippen LogP contribution in [0.4, 0.5) is 0 Å². The lowest BCUT2D eigenvalue weighted by Gasteiger charge is -2.37. The zero-order chi connectivity index (χ0) is 10.6. The summed E-state index contributed by atoms with van der Waals surface area (Å²) in [7, 11) is 0. The van der Waals surface area contributed by atoms with Gasteiger partial charge in [-0.3, -0.25) is 0 Å². The minimum Gasteiger partial charge on any atom is -0.393 e. The number of likely N-dealkylation sites (tertiary alicyclic amines) is 1. The number of hydrogen-bond donors (Lipinski definition) is 2. The Morgan fingerprint density at radius 3 is 2.79 bits per heavy atom. The number of nitrogens with zero attached hydrogens (tertiary/aromatic N) is 1. The van der Waals surface area contributed by atoms with Gasteiger partial charge in [-0.15, -0.1) is 0 Å². The second kappa shape index (κ2) is 5.69. The highest BCUT2D eigenvalue weighted by molar-refractivity contribution is 4.83. The van der Waals surface area contributed by atoms with E-state index in [1.165, 1.54) is 12.8 Å². The van der Waals surface area contributed by atoms with Crippen LogP contribution in [0.3, 0.4) is 0 Å². The fraction of sp³-hybridized carbons (Fsp3) is 1.00. The molecule has 0 aliphatic carbocycles. The van der Waals surface area contributed by atoms with E-state index in [9.17, 15) is 5.11 Å². The van der Waals surface area contributed by atoms with E-state index in [4.69, 9.17) is 5.73 Å². The number of nitrogens with two attached hydrogens (primary N) is 1. The molecule has 1 fully saturated rings. The summed E-state index contributed by atoms with van der Waals surface area (Å²) in [6.07, 6.45) is 3.22. The van der Waals surface area contributed by atoms with E-state index in [0.29, 0.717) is 5.92 Å². The molecule has 3 unspecified atom stereocenters. The summed E-state index contributed by atoms with van der Waals surface area (Å²) in [6, 6.07) is 0.250. The molecule has 84 valence electrons. The SMILES string of the molecule is CCCCN1CC(N)CC(C(C)O)C1. The number of unbranched alkanes of at least 4 members (excludes halogenated alkanes) is 1. The predicted molar refractivity (Wildman–Crippen MR) is 59.1 cm³/mol. The van der Waals surface area contributed by atoms with E-state index in [0.717, 1.165) is 26.1 Å². The average Bonchev–Trinajstić information content (AvgIpc) is 2.14. The Hall–Kier alpha value is -0.120. The van der Waals surface area contributed by atoms with E-state index >= 15 is 0 Å². The normalized spacial score (nSPS) is 31.7. The molecule has 0 aromatic carbocycles. The highest BCUT2D eigenvalue weighted by atomic mass is 16.3. The number of rotatable bonds is 4. The average molecular weight is 200 g/mol. The Morgan fingerprint density at radius 1 is 1.50 bits per heavy atom. The standard InChI is InChI=1S/C11H24N2O/c1-3-4-5-13-7-10(9(2)14)6-11(12)8-13/h9-11,14H,3-8,12H2,1-2H3. The first-order valence-electron chi connectivity index (χ1n) is 5.79. The minimum absolute atomic E-state index is 0.217. The lowest BCUT2D eigenvalue weighted by atomic mass is 9.90. The highest BCUT2D eigenvalue weighted by Crippen LogP contribution is 2.19. The zero-order valence-corrected chi connectivity index (χ0v) is 9.45. The summed E-state index contributed by atoms with van der Waals surface area (Å²) in [5, 5.41) is 9.56. The Labute approximate surface area is 87.3 Å². The van der Waals surface area contributed by atoms with Gasteiger partial charge in [0.1, 0.15) is 0 Å². The third-order valence-electron chi connectivity index (χ3n) is 3.10. The van der Waals surface area contributed by atoms with Crippen molar-refractivity contribution < 1.29 is 5.11 Å². The largest absolute Gasteiger partial charge is 0.393 e. The van der Waals surface area contributed by atoms with E-state index in [-0.39, 0.29) is 12.1 Å². The molecule has 1 aliphatic rings. The van der Waals surface area contributed by atoms with Crippen LogP contribution in [0.15, 0.2) is 0 Å². The van der Waals surface area contributed by atoms with Gasteiger partial charge in [0.05, 0.1) is 6.10 Å². The fourth-order valence-corrected chi connectivity index (χ4v) is 2.19. The van der Waals surface area contributed by atoms with Crippen molar-refractivity contribution in [2.75, 3.05) is 19.6 Å². The Morgan fingerprint density at radius 2 is 2.21 bits per heavy atom. The van der Waals surface area contributed by atoms with Gasteiger partial charge < -0.3 is 15.7 Å².